The van der Waals surface area contributed by atoms with Crippen LogP contribution in [0.1, 0.15) is 12.6 Å². The number of carbonyl (C=O) groups excluding carboxylic acids is 2. The van der Waals surface area contributed by atoms with Crippen LogP contribution in [0.5, 0.6) is 0 Å². The van der Waals surface area contributed by atoms with E-state index >= 15 is 0 Å². The van der Waals surface area contributed by atoms with Gasteiger partial charge >= 0.3 is 5.97 Å². The van der Waals surface area contributed by atoms with E-state index in [4.69, 9.17) is 28.9 Å². The zero-order valence-corrected chi connectivity index (χ0v) is 10.2. The van der Waals surface area contributed by atoms with Crippen molar-refractivity contribution in [3.8, 4) is 0 Å². The molecule has 6 nitrogen and oxygen atoms in total. The van der Waals surface area contributed by atoms with E-state index in [1.54, 1.807) is 0 Å². The summed E-state index contributed by atoms with van der Waals surface area (Å²) in [4.78, 5) is 29.6. The number of nitrogen functional groups attached to an aromatic ring is 1. The summed E-state index contributed by atoms with van der Waals surface area (Å²) in [5.41, 5.74) is 5.00. The summed E-state index contributed by atoms with van der Waals surface area (Å²) in [5.74, 6) is -0.699. The monoisotopic (exact) mass is 281 g/mol. The van der Waals surface area contributed by atoms with Gasteiger partial charge in [0.25, 0.3) is 5.24 Å². The number of nitrogens with zero attached hydrogens (tertiary/aromatic N) is 2. The number of rotatable bonds is 3. The first-order chi connectivity index (χ1) is 7.41. The van der Waals surface area contributed by atoms with E-state index in [-0.39, 0.29) is 20.9 Å². The predicted molar refractivity (Wildman–Crippen MR) is 60.7 cm³/mol. The van der Waals surface area contributed by atoms with Crippen molar-refractivity contribution in [2.45, 2.75) is 6.92 Å². The Labute approximate surface area is 104 Å². The highest BCUT2D eigenvalue weighted by molar-refractivity contribution is 7.19. The van der Waals surface area contributed by atoms with Gasteiger partial charge in [-0.25, -0.2) is 9.78 Å². The highest BCUT2D eigenvalue weighted by atomic mass is 35.5. The second kappa shape index (κ2) is 5.24. The largest absolute Gasteiger partial charge is 0.375 e. The van der Waals surface area contributed by atoms with Gasteiger partial charge in [0.15, 0.2) is 10.8 Å². The van der Waals surface area contributed by atoms with Gasteiger partial charge in [-0.15, -0.1) is 0 Å². The van der Waals surface area contributed by atoms with E-state index < -0.39 is 11.2 Å². The molecule has 0 radical (unpaired) electrons. The van der Waals surface area contributed by atoms with E-state index in [9.17, 15) is 9.59 Å². The standard InChI is InChI=1S/C7H5Cl2N3O3S/c1-2(13)15-12-3(5(8)14)4-6(9)16-7(10)11-4/h1H3,(H2,10,11)/b12-3+. The number of oxime groups is 1. The van der Waals surface area contributed by atoms with Gasteiger partial charge in [0.2, 0.25) is 0 Å². The Morgan fingerprint density at radius 1 is 1.56 bits per heavy atom. The molecule has 0 atom stereocenters. The maximum Gasteiger partial charge on any atom is 0.332 e. The fourth-order valence-corrected chi connectivity index (χ4v) is 1.80. The van der Waals surface area contributed by atoms with E-state index in [2.05, 4.69) is 15.0 Å². The highest BCUT2D eigenvalue weighted by Gasteiger charge is 2.21. The van der Waals surface area contributed by atoms with Crippen molar-refractivity contribution in [1.82, 2.24) is 4.98 Å². The van der Waals surface area contributed by atoms with Gasteiger partial charge < -0.3 is 10.6 Å². The SMILES string of the molecule is CC(=O)O/N=C(/C(=O)Cl)c1nc(N)sc1Cl. The number of halogens is 2. The number of anilines is 1. The van der Waals surface area contributed by atoms with Gasteiger partial charge in [0.05, 0.1) is 0 Å². The lowest BCUT2D eigenvalue weighted by atomic mass is 10.3. The molecule has 0 spiro atoms. The number of aromatic nitrogens is 1. The average Bonchev–Trinajstić information content (AvgIpc) is 2.45. The second-order valence-electron chi connectivity index (χ2n) is 2.47. The molecule has 1 heterocycles. The first kappa shape index (κ1) is 12.9. The molecule has 0 bridgehead atoms. The molecule has 16 heavy (non-hydrogen) atoms. The predicted octanol–water partition coefficient (Wildman–Crippen LogP) is 1.41. The van der Waals surface area contributed by atoms with Crippen LogP contribution in [0.2, 0.25) is 4.34 Å². The topological polar surface area (TPSA) is 94.6 Å². The summed E-state index contributed by atoms with van der Waals surface area (Å²) < 4.78 is 0.136. The molecule has 0 aromatic carbocycles. The molecule has 1 rings (SSSR count). The van der Waals surface area contributed by atoms with Crippen LogP contribution in [0, 0.1) is 0 Å². The molecule has 1 aromatic heterocycles. The Balaban J connectivity index is 3.12. The van der Waals surface area contributed by atoms with Crippen LogP contribution in [0.25, 0.3) is 0 Å². The average molecular weight is 282 g/mol. The molecule has 0 unspecified atom stereocenters. The number of hydrogen-bond acceptors (Lipinski definition) is 7. The maximum absolute atomic E-state index is 11.0. The lowest BCUT2D eigenvalue weighted by molar-refractivity contribution is -0.140. The van der Waals surface area contributed by atoms with Gasteiger partial charge in [-0.05, 0) is 11.6 Å². The fraction of sp³-hybridized carbons (Fsp3) is 0.143. The van der Waals surface area contributed by atoms with E-state index in [1.807, 2.05) is 0 Å². The zero-order valence-electron chi connectivity index (χ0n) is 7.86. The quantitative estimate of drug-likeness (QED) is 0.391. The summed E-state index contributed by atoms with van der Waals surface area (Å²) >= 11 is 11.9. The van der Waals surface area contributed by atoms with Gasteiger partial charge in [-0.1, -0.05) is 28.1 Å². The van der Waals surface area contributed by atoms with Crippen molar-refractivity contribution in [3.05, 3.63) is 10.0 Å². The molecule has 0 amide bonds. The van der Waals surface area contributed by atoms with Crippen LogP contribution in [-0.4, -0.2) is 21.9 Å². The molecule has 0 aliphatic rings. The number of hydrogen-bond donors (Lipinski definition) is 1. The Morgan fingerprint density at radius 3 is 2.56 bits per heavy atom. The summed E-state index contributed by atoms with van der Waals surface area (Å²) in [6, 6.07) is 0. The Bertz CT molecular complexity index is 471. The van der Waals surface area contributed by atoms with Crippen molar-refractivity contribution < 1.29 is 14.4 Å². The fourth-order valence-electron chi connectivity index (χ4n) is 0.745. The minimum atomic E-state index is -0.951. The number of nitrogens with two attached hydrogens (primary N) is 1. The van der Waals surface area contributed by atoms with Crippen molar-refractivity contribution in [3.63, 3.8) is 0 Å². The van der Waals surface area contributed by atoms with E-state index in [1.165, 1.54) is 0 Å². The lowest BCUT2D eigenvalue weighted by Gasteiger charge is -1.96. The molecular formula is C7H5Cl2N3O3S. The molecular weight excluding hydrogens is 277 g/mol. The van der Waals surface area contributed by atoms with Crippen LogP contribution in [0.15, 0.2) is 5.16 Å². The summed E-state index contributed by atoms with van der Waals surface area (Å²) in [5, 5.41) is 2.45. The highest BCUT2D eigenvalue weighted by Crippen LogP contribution is 2.26. The maximum atomic E-state index is 11.0. The normalized spacial score (nSPS) is 11.3. The molecule has 0 aliphatic heterocycles. The van der Waals surface area contributed by atoms with Gasteiger partial charge in [0, 0.05) is 6.92 Å². The smallest absolute Gasteiger partial charge is 0.332 e. The van der Waals surface area contributed by atoms with Crippen molar-refractivity contribution >= 4 is 56.6 Å². The Hall–Kier alpha value is -1.18. The zero-order chi connectivity index (χ0) is 12.3. The van der Waals surface area contributed by atoms with Crippen LogP contribution in [0.4, 0.5) is 5.13 Å². The third-order valence-corrected chi connectivity index (χ3v) is 2.54. The van der Waals surface area contributed by atoms with E-state index in [0.29, 0.717) is 0 Å². The van der Waals surface area contributed by atoms with E-state index in [0.717, 1.165) is 18.3 Å². The molecule has 86 valence electrons. The number of carbonyl (C=O) groups is 2. The molecule has 2 N–H and O–H groups in total. The third kappa shape index (κ3) is 3.16. The molecule has 0 saturated carbocycles. The molecule has 0 saturated heterocycles. The van der Waals surface area contributed by atoms with Crippen LogP contribution < -0.4 is 5.73 Å². The first-order valence-corrected chi connectivity index (χ1v) is 5.36. The minimum absolute atomic E-state index is 0.00887. The summed E-state index contributed by atoms with van der Waals surface area (Å²) in [6.07, 6.45) is 0. The lowest BCUT2D eigenvalue weighted by Crippen LogP contribution is -2.12. The molecule has 1 aromatic rings. The molecule has 0 aliphatic carbocycles. The van der Waals surface area contributed by atoms with Gasteiger partial charge in [-0.2, -0.15) is 0 Å². The second-order valence-corrected chi connectivity index (χ2v) is 4.45. The Kier molecular flexibility index (Phi) is 4.22. The van der Waals surface area contributed by atoms with Crippen LogP contribution in [-0.2, 0) is 14.4 Å². The van der Waals surface area contributed by atoms with Gasteiger partial charge in [-0.3, -0.25) is 4.79 Å². The molecule has 9 heteroatoms. The molecule has 0 fully saturated rings. The third-order valence-electron chi connectivity index (χ3n) is 1.28. The first-order valence-electron chi connectivity index (χ1n) is 3.79. The van der Waals surface area contributed by atoms with Crippen LogP contribution in [0.3, 0.4) is 0 Å². The van der Waals surface area contributed by atoms with Gasteiger partial charge in [0.1, 0.15) is 10.0 Å². The minimum Gasteiger partial charge on any atom is -0.375 e. The van der Waals surface area contributed by atoms with Crippen LogP contribution >= 0.6 is 34.5 Å². The van der Waals surface area contributed by atoms with Crippen molar-refractivity contribution in [1.29, 1.82) is 0 Å². The summed E-state index contributed by atoms with van der Waals surface area (Å²) in [6.45, 7) is 1.12. The summed E-state index contributed by atoms with van der Waals surface area (Å²) in [7, 11) is 0. The van der Waals surface area contributed by atoms with Crippen molar-refractivity contribution in [2.24, 2.45) is 5.16 Å². The number of thiazole rings is 1. The Morgan fingerprint density at radius 2 is 2.19 bits per heavy atom. The van der Waals surface area contributed by atoms with Crippen molar-refractivity contribution in [2.75, 3.05) is 5.73 Å².